The fourth-order valence-electron chi connectivity index (χ4n) is 3.17. The highest BCUT2D eigenvalue weighted by molar-refractivity contribution is 7.99. The van der Waals surface area contributed by atoms with Crippen LogP contribution in [0.2, 0.25) is 0 Å². The minimum atomic E-state index is -4.84. The summed E-state index contributed by atoms with van der Waals surface area (Å²) < 4.78 is 42.2. The van der Waals surface area contributed by atoms with Gasteiger partial charge in [0.05, 0.1) is 17.3 Å². The minimum Gasteiger partial charge on any atom is -0.405 e. The monoisotopic (exact) mass is 474 g/mol. The lowest BCUT2D eigenvalue weighted by molar-refractivity contribution is -0.275. The summed E-state index contributed by atoms with van der Waals surface area (Å²) in [4.78, 5) is 21.8. The summed E-state index contributed by atoms with van der Waals surface area (Å²) in [5.41, 5.74) is 8.28. The zero-order valence-corrected chi connectivity index (χ0v) is 18.4. The van der Waals surface area contributed by atoms with Gasteiger partial charge in [-0.05, 0) is 43.5 Å². The molecule has 3 rings (SSSR count). The van der Waals surface area contributed by atoms with Crippen LogP contribution in [0, 0.1) is 0 Å². The van der Waals surface area contributed by atoms with E-state index in [2.05, 4.69) is 26.7 Å². The van der Waals surface area contributed by atoms with Crippen molar-refractivity contribution < 1.29 is 22.7 Å². The molecule has 3 aromatic rings. The molecule has 0 fully saturated rings. The van der Waals surface area contributed by atoms with E-state index in [9.17, 15) is 18.0 Å². The molecule has 1 amide bonds. The van der Waals surface area contributed by atoms with Gasteiger partial charge in [0.2, 0.25) is 0 Å². The number of rotatable bonds is 8. The van der Waals surface area contributed by atoms with E-state index < -0.39 is 18.3 Å². The van der Waals surface area contributed by atoms with E-state index in [4.69, 9.17) is 5.73 Å². The van der Waals surface area contributed by atoms with Crippen LogP contribution in [0.25, 0.3) is 11.1 Å². The number of hydrogen-bond donors (Lipinski definition) is 2. The normalized spacial score (nSPS) is 12.2. The number of aromatic nitrogens is 1. The highest BCUT2D eigenvalue weighted by Gasteiger charge is 2.32. The molecule has 0 aliphatic carbocycles. The number of thioether (sulfide) groups is 1. The zero-order chi connectivity index (χ0) is 24.0. The van der Waals surface area contributed by atoms with Gasteiger partial charge < -0.3 is 15.8 Å². The summed E-state index contributed by atoms with van der Waals surface area (Å²) in [5, 5.41) is 2.70. The molecule has 2 aromatic carbocycles. The largest absolute Gasteiger partial charge is 0.573 e. The van der Waals surface area contributed by atoms with Gasteiger partial charge in [-0.3, -0.25) is 14.8 Å². The van der Waals surface area contributed by atoms with Crippen molar-refractivity contribution in [2.45, 2.75) is 24.2 Å². The maximum atomic E-state index is 12.8. The van der Waals surface area contributed by atoms with Crippen molar-refractivity contribution >= 4 is 30.1 Å². The van der Waals surface area contributed by atoms with Crippen LogP contribution in [0.3, 0.4) is 0 Å². The molecule has 0 aliphatic heterocycles. The Hall–Kier alpha value is -3.37. The van der Waals surface area contributed by atoms with E-state index in [0.717, 1.165) is 10.5 Å². The molecule has 0 spiro atoms. The number of nitrogens with zero attached hydrogens (tertiary/aromatic N) is 2. The highest BCUT2D eigenvalue weighted by Crippen LogP contribution is 2.33. The Kier molecular flexibility index (Phi) is 7.72. The number of amides is 1. The summed E-state index contributed by atoms with van der Waals surface area (Å²) >= 11 is 1.41. The number of benzene rings is 2. The zero-order valence-electron chi connectivity index (χ0n) is 17.6. The number of nitrogens with two attached hydrogens (primary N) is 1. The number of aliphatic imine (C=N–C) groups is 1. The summed E-state index contributed by atoms with van der Waals surface area (Å²) in [5.74, 6) is -0.491. The van der Waals surface area contributed by atoms with Gasteiger partial charge >= 0.3 is 6.36 Å². The van der Waals surface area contributed by atoms with E-state index in [-0.39, 0.29) is 16.9 Å². The van der Waals surface area contributed by atoms with Crippen LogP contribution in [0.4, 0.5) is 18.9 Å². The molecule has 0 bridgehead atoms. The second kappa shape index (κ2) is 10.5. The van der Waals surface area contributed by atoms with Gasteiger partial charge in [-0.1, -0.05) is 24.3 Å². The van der Waals surface area contributed by atoms with Crippen molar-refractivity contribution in [2.24, 2.45) is 10.7 Å². The van der Waals surface area contributed by atoms with Gasteiger partial charge in [-0.25, -0.2) is 0 Å². The molecule has 1 unspecified atom stereocenters. The topological polar surface area (TPSA) is 89.6 Å². The number of para-hydroxylation sites is 1. The van der Waals surface area contributed by atoms with E-state index in [1.54, 1.807) is 31.3 Å². The summed E-state index contributed by atoms with van der Waals surface area (Å²) in [7, 11) is 0. The van der Waals surface area contributed by atoms with E-state index >= 15 is 0 Å². The predicted octanol–water partition coefficient (Wildman–Crippen LogP) is 5.48. The van der Waals surface area contributed by atoms with Crippen LogP contribution in [-0.2, 0) is 0 Å². The number of nitrogens with one attached hydrogen (secondary N) is 1. The average molecular weight is 475 g/mol. The first-order valence-electron chi connectivity index (χ1n) is 9.76. The fourth-order valence-corrected chi connectivity index (χ4v) is 3.84. The van der Waals surface area contributed by atoms with Crippen molar-refractivity contribution in [2.75, 3.05) is 5.88 Å². The van der Waals surface area contributed by atoms with Crippen molar-refractivity contribution in [3.63, 3.8) is 0 Å². The first-order chi connectivity index (χ1) is 15.7. The first-order valence-corrected chi connectivity index (χ1v) is 10.7. The molecule has 6 nitrogen and oxygen atoms in total. The lowest BCUT2D eigenvalue weighted by Crippen LogP contribution is -2.28. The lowest BCUT2D eigenvalue weighted by Gasteiger charge is -2.19. The number of ether oxygens (including phenoxy) is 1. The Morgan fingerprint density at radius 2 is 1.97 bits per heavy atom. The van der Waals surface area contributed by atoms with Gasteiger partial charge in [0.1, 0.15) is 5.75 Å². The number of halogens is 3. The third-order valence-corrected chi connectivity index (χ3v) is 5.47. The van der Waals surface area contributed by atoms with Crippen LogP contribution in [0.15, 0.2) is 70.8 Å². The molecular formula is C23H21F3N4O2S. The highest BCUT2D eigenvalue weighted by atomic mass is 32.2. The fraction of sp³-hybridized carbons (Fsp3) is 0.174. The summed E-state index contributed by atoms with van der Waals surface area (Å²) in [6, 6.07) is 12.1. The number of hydrogen-bond acceptors (Lipinski definition) is 6. The quantitative estimate of drug-likeness (QED) is 0.256. The Bertz CT molecular complexity index is 1150. The van der Waals surface area contributed by atoms with Gasteiger partial charge in [0.15, 0.2) is 0 Å². The van der Waals surface area contributed by atoms with Gasteiger partial charge in [-0.2, -0.15) is 0 Å². The van der Waals surface area contributed by atoms with Crippen LogP contribution < -0.4 is 15.8 Å². The van der Waals surface area contributed by atoms with E-state index in [1.165, 1.54) is 36.2 Å². The summed E-state index contributed by atoms with van der Waals surface area (Å²) in [6.45, 7) is 5.13. The lowest BCUT2D eigenvalue weighted by atomic mass is 10.0. The minimum absolute atomic E-state index is 0.197. The molecule has 0 saturated heterocycles. The molecule has 172 valence electrons. The van der Waals surface area contributed by atoms with Crippen molar-refractivity contribution in [3.05, 3.63) is 72.1 Å². The van der Waals surface area contributed by atoms with Gasteiger partial charge in [0, 0.05) is 34.3 Å². The Labute approximate surface area is 193 Å². The molecule has 10 heteroatoms. The SMILES string of the molecule is C=Nc1ccc(-c2cncc(C(=O)NC(C)c3ccccc3OC(F)(F)F)c2)cc1SCN. The van der Waals surface area contributed by atoms with Crippen LogP contribution in [-0.4, -0.2) is 29.8 Å². The van der Waals surface area contributed by atoms with Crippen LogP contribution >= 0.6 is 11.8 Å². The predicted molar refractivity (Wildman–Crippen MR) is 123 cm³/mol. The second-order valence-corrected chi connectivity index (χ2v) is 7.96. The number of carbonyl (C=O) groups is 1. The molecule has 0 aliphatic rings. The second-order valence-electron chi connectivity index (χ2n) is 6.89. The average Bonchev–Trinajstić information content (AvgIpc) is 2.78. The molecule has 1 aromatic heterocycles. The van der Waals surface area contributed by atoms with Crippen molar-refractivity contribution in [3.8, 4) is 16.9 Å². The Morgan fingerprint density at radius 3 is 2.67 bits per heavy atom. The molecule has 1 atom stereocenters. The smallest absolute Gasteiger partial charge is 0.405 e. The van der Waals surface area contributed by atoms with Gasteiger partial charge in [-0.15, -0.1) is 24.9 Å². The van der Waals surface area contributed by atoms with Crippen molar-refractivity contribution in [1.82, 2.24) is 10.3 Å². The first kappa shape index (κ1) is 24.3. The molecule has 0 saturated carbocycles. The third kappa shape index (κ3) is 6.33. The molecule has 0 radical (unpaired) electrons. The Balaban J connectivity index is 1.82. The van der Waals surface area contributed by atoms with Gasteiger partial charge in [0.25, 0.3) is 5.91 Å². The molecule has 3 N–H and O–H groups in total. The molecule has 1 heterocycles. The Morgan fingerprint density at radius 1 is 1.21 bits per heavy atom. The summed E-state index contributed by atoms with van der Waals surface area (Å²) in [6.07, 6.45) is -1.84. The van der Waals surface area contributed by atoms with E-state index in [0.29, 0.717) is 17.1 Å². The standard InChI is InChI=1S/C23H21F3N4O2S/c1-14(18-5-3-4-6-20(18)32-23(24,25)26)30-22(31)17-9-16(11-29-12-17)15-7-8-19(28-2)21(10-15)33-13-27/h3-12,14H,2,13,27H2,1H3,(H,30,31). The third-order valence-electron chi connectivity index (χ3n) is 4.66. The van der Waals surface area contributed by atoms with Crippen LogP contribution in [0.1, 0.15) is 28.9 Å². The number of carbonyl (C=O) groups excluding carboxylic acids is 1. The molecule has 33 heavy (non-hydrogen) atoms. The maximum absolute atomic E-state index is 12.8. The van der Waals surface area contributed by atoms with Crippen LogP contribution in [0.5, 0.6) is 5.75 Å². The molecular weight excluding hydrogens is 453 g/mol. The van der Waals surface area contributed by atoms with E-state index in [1.807, 2.05) is 12.1 Å². The number of alkyl halides is 3. The number of pyridine rings is 1. The van der Waals surface area contributed by atoms with Crippen molar-refractivity contribution in [1.29, 1.82) is 0 Å². The maximum Gasteiger partial charge on any atom is 0.573 e.